The summed E-state index contributed by atoms with van der Waals surface area (Å²) in [6, 6.07) is 33.2. The molecule has 0 bridgehead atoms. The minimum absolute atomic E-state index is 0.615. The van der Waals surface area contributed by atoms with Gasteiger partial charge in [0.05, 0.1) is 5.41 Å². The van der Waals surface area contributed by atoms with Crippen molar-refractivity contribution in [3.63, 3.8) is 0 Å². The van der Waals surface area contributed by atoms with Gasteiger partial charge in [0.1, 0.15) is 36.8 Å². The summed E-state index contributed by atoms with van der Waals surface area (Å²) < 4.78 is 6.44. The zero-order chi connectivity index (χ0) is 25.4. The number of para-hydroxylation sites is 2. The Balaban J connectivity index is 1.57. The van der Waals surface area contributed by atoms with E-state index < -0.39 is 5.41 Å². The second-order valence-electron chi connectivity index (χ2n) is 8.93. The number of ether oxygens (including phenoxy) is 1. The third kappa shape index (κ3) is 3.44. The van der Waals surface area contributed by atoms with Crippen molar-refractivity contribution < 1.29 is 4.74 Å². The lowest BCUT2D eigenvalue weighted by Crippen LogP contribution is -2.34. The summed E-state index contributed by atoms with van der Waals surface area (Å²) in [7, 11) is 0. The van der Waals surface area contributed by atoms with E-state index in [-0.39, 0.29) is 0 Å². The third-order valence-electron chi connectivity index (χ3n) is 6.90. The summed E-state index contributed by atoms with van der Waals surface area (Å²) in [6.07, 6.45) is 6.06. The van der Waals surface area contributed by atoms with E-state index in [0.717, 1.165) is 44.9 Å². The van der Waals surface area contributed by atoms with Crippen LogP contribution in [-0.4, -0.2) is 29.9 Å². The Morgan fingerprint density at radius 3 is 1.39 bits per heavy atom. The zero-order valence-corrected chi connectivity index (χ0v) is 20.1. The summed E-state index contributed by atoms with van der Waals surface area (Å²) >= 11 is 0. The molecule has 4 aromatic carbocycles. The van der Waals surface area contributed by atoms with Crippen molar-refractivity contribution in [3.8, 4) is 34.3 Å². The first kappa shape index (κ1) is 21.9. The van der Waals surface area contributed by atoms with Crippen LogP contribution in [0.3, 0.4) is 0 Å². The second kappa shape index (κ2) is 8.97. The monoisotopic (exact) mass is 492 g/mol. The first-order valence-corrected chi connectivity index (χ1v) is 12.2. The van der Waals surface area contributed by atoms with Crippen LogP contribution in [0.15, 0.2) is 122 Å². The largest absolute Gasteiger partial charge is 0.457 e. The molecule has 0 unspecified atom stereocenters. The van der Waals surface area contributed by atoms with Gasteiger partial charge in [0.25, 0.3) is 0 Å². The summed E-state index contributed by atoms with van der Waals surface area (Å²) in [5.41, 5.74) is 5.31. The fourth-order valence-electron chi connectivity index (χ4n) is 5.34. The van der Waals surface area contributed by atoms with Crippen LogP contribution >= 0.6 is 0 Å². The fourth-order valence-corrected chi connectivity index (χ4v) is 5.34. The van der Waals surface area contributed by atoms with Gasteiger partial charge < -0.3 is 4.74 Å². The van der Waals surface area contributed by atoms with Crippen LogP contribution < -0.4 is 4.74 Å². The van der Waals surface area contributed by atoms with Crippen LogP contribution in [0.5, 0.6) is 11.5 Å². The van der Waals surface area contributed by atoms with E-state index in [1.54, 1.807) is 0 Å². The molecule has 7 rings (SSSR count). The van der Waals surface area contributed by atoms with E-state index in [9.17, 15) is 0 Å². The van der Waals surface area contributed by atoms with Crippen molar-refractivity contribution in [2.75, 3.05) is 0 Å². The number of benzene rings is 4. The summed E-state index contributed by atoms with van der Waals surface area (Å²) in [5.74, 6) is 2.85. The Kier molecular flexibility index (Phi) is 5.18. The third-order valence-corrected chi connectivity index (χ3v) is 6.90. The molecule has 180 valence electrons. The summed E-state index contributed by atoms with van der Waals surface area (Å²) in [4.78, 5) is 25.6. The maximum absolute atomic E-state index is 6.44. The highest BCUT2D eigenvalue weighted by Crippen LogP contribution is 2.55. The van der Waals surface area contributed by atoms with Crippen molar-refractivity contribution in [1.29, 1.82) is 0 Å². The molecule has 0 saturated carbocycles. The number of aromatic nitrogens is 6. The molecule has 1 aliphatic heterocycles. The topological polar surface area (TPSA) is 86.6 Å². The molecule has 3 heterocycles. The molecule has 1 aliphatic rings. The molecule has 0 N–H and O–H groups in total. The molecular formula is C31H20N6O. The predicted octanol–water partition coefficient (Wildman–Crippen LogP) is 5.88. The summed E-state index contributed by atoms with van der Waals surface area (Å²) in [6.45, 7) is 0. The molecule has 38 heavy (non-hydrogen) atoms. The minimum Gasteiger partial charge on any atom is -0.457 e. The van der Waals surface area contributed by atoms with Gasteiger partial charge in [0.15, 0.2) is 11.6 Å². The highest BCUT2D eigenvalue weighted by molar-refractivity contribution is 5.72. The Morgan fingerprint density at radius 2 is 0.921 bits per heavy atom. The molecule has 2 aromatic heterocycles. The fraction of sp³-hybridized carbons (Fsp3) is 0.0323. The molecule has 0 spiro atoms. The van der Waals surface area contributed by atoms with E-state index in [4.69, 9.17) is 4.74 Å². The SMILES string of the molecule is c1cc(-c2ncncn2)cc(C2(c3cccc(-c4ncncn4)c3)c3ccccc3Oc3ccccc32)c1. The Morgan fingerprint density at radius 1 is 0.474 bits per heavy atom. The van der Waals surface area contributed by atoms with Crippen molar-refractivity contribution in [1.82, 2.24) is 29.9 Å². The number of hydrogen-bond acceptors (Lipinski definition) is 7. The zero-order valence-electron chi connectivity index (χ0n) is 20.1. The molecule has 0 radical (unpaired) electrons. The Labute approximate surface area is 219 Å². The van der Waals surface area contributed by atoms with Crippen molar-refractivity contribution in [3.05, 3.63) is 145 Å². The molecule has 6 aromatic rings. The molecule has 0 atom stereocenters. The van der Waals surface area contributed by atoms with Gasteiger partial charge >= 0.3 is 0 Å². The van der Waals surface area contributed by atoms with Gasteiger partial charge in [-0.3, -0.25) is 0 Å². The lowest BCUT2D eigenvalue weighted by Gasteiger charge is -2.41. The van der Waals surface area contributed by atoms with Gasteiger partial charge in [-0.2, -0.15) is 0 Å². The highest BCUT2D eigenvalue weighted by Gasteiger charge is 2.45. The van der Waals surface area contributed by atoms with E-state index in [1.165, 1.54) is 25.3 Å². The van der Waals surface area contributed by atoms with Crippen molar-refractivity contribution in [2.45, 2.75) is 5.41 Å². The van der Waals surface area contributed by atoms with Crippen LogP contribution in [0.25, 0.3) is 22.8 Å². The van der Waals surface area contributed by atoms with Crippen molar-refractivity contribution in [2.24, 2.45) is 0 Å². The average molecular weight is 493 g/mol. The second-order valence-corrected chi connectivity index (χ2v) is 8.93. The number of fused-ring (bicyclic) bond motifs is 2. The molecule has 0 fully saturated rings. The lowest BCUT2D eigenvalue weighted by molar-refractivity contribution is 0.434. The molecule has 0 saturated heterocycles. The first-order chi connectivity index (χ1) is 18.8. The van der Waals surface area contributed by atoms with Gasteiger partial charge in [-0.15, -0.1) is 0 Å². The van der Waals surface area contributed by atoms with E-state index in [0.29, 0.717) is 11.6 Å². The predicted molar refractivity (Wildman–Crippen MR) is 142 cm³/mol. The van der Waals surface area contributed by atoms with E-state index in [1.807, 2.05) is 48.5 Å². The molecular weight excluding hydrogens is 472 g/mol. The van der Waals surface area contributed by atoms with Crippen LogP contribution in [0.4, 0.5) is 0 Å². The quantitative estimate of drug-likeness (QED) is 0.303. The Bertz CT molecular complexity index is 1630. The van der Waals surface area contributed by atoms with Crippen molar-refractivity contribution >= 4 is 0 Å². The number of nitrogens with zero attached hydrogens (tertiary/aromatic N) is 6. The molecule has 0 amide bonds. The first-order valence-electron chi connectivity index (χ1n) is 12.2. The number of hydrogen-bond donors (Lipinski definition) is 0. The van der Waals surface area contributed by atoms with Gasteiger partial charge in [0, 0.05) is 22.3 Å². The normalized spacial score (nSPS) is 13.2. The van der Waals surface area contributed by atoms with Crippen LogP contribution in [0, 0.1) is 0 Å². The standard InChI is InChI=1S/C31H20N6O/c1-3-13-27-25(11-1)31(26-12-2-4-14-28(26)38-27,23-9-5-7-21(15-23)29-34-17-32-18-35-29)24-10-6-8-22(16-24)30-36-19-33-20-37-30/h1-20H. The molecule has 7 heteroatoms. The molecule has 7 nitrogen and oxygen atoms in total. The van der Waals surface area contributed by atoms with Crippen LogP contribution in [-0.2, 0) is 5.41 Å². The summed E-state index contributed by atoms with van der Waals surface area (Å²) in [5, 5.41) is 0. The van der Waals surface area contributed by atoms with Gasteiger partial charge in [-0.1, -0.05) is 72.8 Å². The van der Waals surface area contributed by atoms with E-state index >= 15 is 0 Å². The van der Waals surface area contributed by atoms with Gasteiger partial charge in [0.2, 0.25) is 0 Å². The number of rotatable bonds is 4. The highest BCUT2D eigenvalue weighted by atomic mass is 16.5. The smallest absolute Gasteiger partial charge is 0.162 e. The van der Waals surface area contributed by atoms with E-state index in [2.05, 4.69) is 78.4 Å². The van der Waals surface area contributed by atoms with Crippen LogP contribution in [0.1, 0.15) is 22.3 Å². The maximum atomic E-state index is 6.44. The molecule has 0 aliphatic carbocycles. The van der Waals surface area contributed by atoms with Gasteiger partial charge in [-0.05, 0) is 35.4 Å². The average Bonchev–Trinajstić information content (AvgIpc) is 3.01. The maximum Gasteiger partial charge on any atom is 0.162 e. The van der Waals surface area contributed by atoms with Gasteiger partial charge in [-0.25, -0.2) is 29.9 Å². The van der Waals surface area contributed by atoms with Crippen LogP contribution in [0.2, 0.25) is 0 Å². The Hall–Kier alpha value is -5.30. The minimum atomic E-state index is -0.697. The lowest BCUT2D eigenvalue weighted by atomic mass is 9.63.